The molecule has 0 unspecified atom stereocenters. The van der Waals surface area contributed by atoms with Gasteiger partial charge in [0, 0.05) is 36.1 Å². The summed E-state index contributed by atoms with van der Waals surface area (Å²) >= 11 is 18.1. The third-order valence-corrected chi connectivity index (χ3v) is 4.16. The van der Waals surface area contributed by atoms with Crippen LogP contribution >= 0.6 is 34.8 Å². The van der Waals surface area contributed by atoms with Crippen molar-refractivity contribution in [3.05, 3.63) is 62.9 Å². The van der Waals surface area contributed by atoms with Gasteiger partial charge in [-0.2, -0.15) is 0 Å². The number of hydrogen-bond donors (Lipinski definition) is 2. The van der Waals surface area contributed by atoms with Crippen molar-refractivity contribution in [1.29, 1.82) is 0 Å². The second-order valence-corrected chi connectivity index (χ2v) is 5.75. The van der Waals surface area contributed by atoms with Crippen LogP contribution in [0, 0.1) is 0 Å². The van der Waals surface area contributed by atoms with Gasteiger partial charge in [0.05, 0.1) is 16.6 Å². The lowest BCUT2D eigenvalue weighted by atomic mass is 10.2. The Balaban J connectivity index is 1.79. The van der Waals surface area contributed by atoms with Crippen molar-refractivity contribution in [3.8, 4) is 0 Å². The predicted molar refractivity (Wildman–Crippen MR) is 89.3 cm³/mol. The van der Waals surface area contributed by atoms with Crippen molar-refractivity contribution in [2.75, 3.05) is 6.54 Å². The molecule has 7 heteroatoms. The lowest BCUT2D eigenvalue weighted by molar-refractivity contribution is -0.120. The molecule has 1 aromatic carbocycles. The van der Waals surface area contributed by atoms with E-state index >= 15 is 0 Å². The molecule has 4 nitrogen and oxygen atoms in total. The number of rotatable bonds is 6. The maximum atomic E-state index is 11.8. The molecule has 0 aliphatic carbocycles. The summed E-state index contributed by atoms with van der Waals surface area (Å²) in [5.41, 5.74) is 1.67. The van der Waals surface area contributed by atoms with Gasteiger partial charge < -0.3 is 10.6 Å². The summed E-state index contributed by atoms with van der Waals surface area (Å²) in [6.07, 6.45) is 3.37. The maximum Gasteiger partial charge on any atom is 0.234 e. The number of nitrogens with zero attached hydrogens (tertiary/aromatic N) is 1. The molecular weight excluding hydrogens is 345 g/mol. The molecule has 0 bridgehead atoms. The van der Waals surface area contributed by atoms with Gasteiger partial charge in [-0.25, -0.2) is 0 Å². The van der Waals surface area contributed by atoms with Gasteiger partial charge in [-0.05, 0) is 29.8 Å². The largest absolute Gasteiger partial charge is 0.351 e. The van der Waals surface area contributed by atoms with Crippen molar-refractivity contribution in [2.24, 2.45) is 0 Å². The van der Waals surface area contributed by atoms with E-state index in [1.807, 2.05) is 12.1 Å². The number of halogens is 3. The zero-order valence-electron chi connectivity index (χ0n) is 11.6. The predicted octanol–water partition coefficient (Wildman–Crippen LogP) is 3.45. The van der Waals surface area contributed by atoms with Gasteiger partial charge >= 0.3 is 0 Å². The van der Waals surface area contributed by atoms with Crippen LogP contribution in [-0.2, 0) is 17.9 Å². The van der Waals surface area contributed by atoms with E-state index in [2.05, 4.69) is 15.6 Å². The number of benzene rings is 1. The summed E-state index contributed by atoms with van der Waals surface area (Å²) < 4.78 is 0. The van der Waals surface area contributed by atoms with E-state index in [4.69, 9.17) is 34.8 Å². The molecule has 22 heavy (non-hydrogen) atoms. The first kappa shape index (κ1) is 17.0. The summed E-state index contributed by atoms with van der Waals surface area (Å²) in [6, 6.07) is 7.01. The highest BCUT2D eigenvalue weighted by Crippen LogP contribution is 2.31. The molecule has 1 aromatic heterocycles. The van der Waals surface area contributed by atoms with Crippen molar-refractivity contribution < 1.29 is 4.79 Å². The van der Waals surface area contributed by atoms with Gasteiger partial charge in [0.25, 0.3) is 0 Å². The number of amides is 1. The number of carbonyl (C=O) groups excluding carboxylic acids is 1. The molecule has 0 fully saturated rings. The Bertz CT molecular complexity index is 650. The topological polar surface area (TPSA) is 54.0 Å². The number of aromatic nitrogens is 1. The molecule has 0 radical (unpaired) electrons. The van der Waals surface area contributed by atoms with E-state index in [0.29, 0.717) is 33.7 Å². The quantitative estimate of drug-likeness (QED) is 0.778. The zero-order valence-corrected chi connectivity index (χ0v) is 13.8. The summed E-state index contributed by atoms with van der Waals surface area (Å²) in [5, 5.41) is 7.15. The molecule has 0 atom stereocenters. The molecule has 116 valence electrons. The Hall–Kier alpha value is -1.33. The molecule has 0 spiro atoms. The molecular formula is C15H14Cl3N3O. The van der Waals surface area contributed by atoms with E-state index in [1.165, 1.54) is 0 Å². The first-order chi connectivity index (χ1) is 10.6. The van der Waals surface area contributed by atoms with E-state index < -0.39 is 0 Å². The fourth-order valence-electron chi connectivity index (χ4n) is 1.80. The van der Waals surface area contributed by atoms with Crippen LogP contribution in [0.1, 0.15) is 11.1 Å². The number of hydrogen-bond acceptors (Lipinski definition) is 3. The van der Waals surface area contributed by atoms with Gasteiger partial charge in [0.15, 0.2) is 0 Å². The van der Waals surface area contributed by atoms with Crippen LogP contribution in [0.2, 0.25) is 15.1 Å². The smallest absolute Gasteiger partial charge is 0.234 e. The van der Waals surface area contributed by atoms with Crippen molar-refractivity contribution in [3.63, 3.8) is 0 Å². The van der Waals surface area contributed by atoms with Gasteiger partial charge in [0.2, 0.25) is 5.91 Å². The molecule has 1 heterocycles. The Morgan fingerprint density at radius 3 is 2.41 bits per heavy atom. The summed E-state index contributed by atoms with van der Waals surface area (Å²) in [4.78, 5) is 15.7. The number of carbonyl (C=O) groups is 1. The minimum atomic E-state index is -0.119. The SMILES string of the molecule is O=C(CNCc1c(Cl)ccc(Cl)c1Cl)NCc1ccncc1. The average Bonchev–Trinajstić information content (AvgIpc) is 2.53. The zero-order chi connectivity index (χ0) is 15.9. The molecule has 0 aliphatic heterocycles. The minimum absolute atomic E-state index is 0.119. The van der Waals surface area contributed by atoms with Gasteiger partial charge in [-0.3, -0.25) is 9.78 Å². The lowest BCUT2D eigenvalue weighted by Crippen LogP contribution is -2.33. The van der Waals surface area contributed by atoms with Crippen molar-refractivity contribution >= 4 is 40.7 Å². The molecule has 0 saturated carbocycles. The van der Waals surface area contributed by atoms with Crippen LogP contribution < -0.4 is 10.6 Å². The number of pyridine rings is 1. The normalized spacial score (nSPS) is 10.5. The Kier molecular flexibility index (Phi) is 6.46. The van der Waals surface area contributed by atoms with Gasteiger partial charge in [-0.1, -0.05) is 34.8 Å². The van der Waals surface area contributed by atoms with Crippen molar-refractivity contribution in [1.82, 2.24) is 15.6 Å². The van der Waals surface area contributed by atoms with Crippen LogP contribution in [0.3, 0.4) is 0 Å². The lowest BCUT2D eigenvalue weighted by Gasteiger charge is -2.10. The highest BCUT2D eigenvalue weighted by Gasteiger charge is 2.10. The fourth-order valence-corrected chi connectivity index (χ4v) is 2.48. The van der Waals surface area contributed by atoms with Gasteiger partial charge in [0.1, 0.15) is 0 Å². The first-order valence-corrected chi connectivity index (χ1v) is 7.70. The molecule has 2 aromatic rings. The summed E-state index contributed by atoms with van der Waals surface area (Å²) in [6.45, 7) is 0.979. The molecule has 0 aliphatic rings. The Labute approximate surface area is 143 Å². The number of nitrogens with one attached hydrogen (secondary N) is 2. The van der Waals surface area contributed by atoms with Gasteiger partial charge in [-0.15, -0.1) is 0 Å². The molecule has 1 amide bonds. The van der Waals surface area contributed by atoms with Crippen LogP contribution in [0.25, 0.3) is 0 Å². The molecule has 2 rings (SSSR count). The monoisotopic (exact) mass is 357 g/mol. The van der Waals surface area contributed by atoms with E-state index in [1.54, 1.807) is 24.5 Å². The summed E-state index contributed by atoms with van der Waals surface area (Å²) in [5.74, 6) is -0.119. The first-order valence-electron chi connectivity index (χ1n) is 6.56. The highest BCUT2D eigenvalue weighted by atomic mass is 35.5. The van der Waals surface area contributed by atoms with Crippen LogP contribution in [0.5, 0.6) is 0 Å². The van der Waals surface area contributed by atoms with E-state index in [9.17, 15) is 4.79 Å². The fraction of sp³-hybridized carbons (Fsp3) is 0.200. The van der Waals surface area contributed by atoms with E-state index in [0.717, 1.165) is 5.56 Å². The second-order valence-electron chi connectivity index (χ2n) is 4.56. The molecule has 0 saturated heterocycles. The minimum Gasteiger partial charge on any atom is -0.351 e. The second kappa shape index (κ2) is 8.34. The Morgan fingerprint density at radius 2 is 1.68 bits per heavy atom. The van der Waals surface area contributed by atoms with E-state index in [-0.39, 0.29) is 12.5 Å². The average molecular weight is 359 g/mol. The third kappa shape index (κ3) is 4.85. The highest BCUT2D eigenvalue weighted by molar-refractivity contribution is 6.44. The van der Waals surface area contributed by atoms with Crippen molar-refractivity contribution in [2.45, 2.75) is 13.1 Å². The Morgan fingerprint density at radius 1 is 1.00 bits per heavy atom. The maximum absolute atomic E-state index is 11.8. The summed E-state index contributed by atoms with van der Waals surface area (Å²) in [7, 11) is 0. The molecule has 2 N–H and O–H groups in total. The van der Waals surface area contributed by atoms with Crippen LogP contribution in [0.4, 0.5) is 0 Å². The van der Waals surface area contributed by atoms with Crippen LogP contribution in [0.15, 0.2) is 36.7 Å². The third-order valence-electron chi connectivity index (χ3n) is 2.97. The van der Waals surface area contributed by atoms with Crippen LogP contribution in [-0.4, -0.2) is 17.4 Å². The standard InChI is InChI=1S/C15H14Cl3N3O/c16-12-1-2-13(17)15(18)11(12)8-20-9-14(22)21-7-10-3-5-19-6-4-10/h1-6,20H,7-9H2,(H,21,22).